The second-order valence-electron chi connectivity index (χ2n) is 8.64. The summed E-state index contributed by atoms with van der Waals surface area (Å²) in [7, 11) is 0. The van der Waals surface area contributed by atoms with Gasteiger partial charge in [-0.2, -0.15) is 0 Å². The number of hydrogen-bond acceptors (Lipinski definition) is 5. The lowest BCUT2D eigenvalue weighted by Crippen LogP contribution is -2.29. The molecule has 2 atom stereocenters. The minimum Gasteiger partial charge on any atom is -0.491 e. The number of nitrogens with zero attached hydrogens (tertiary/aromatic N) is 6. The predicted octanol–water partition coefficient (Wildman–Crippen LogP) is 4.37. The molecule has 0 aliphatic carbocycles. The molecule has 1 aliphatic heterocycles. The van der Waals surface area contributed by atoms with Crippen LogP contribution in [-0.4, -0.2) is 35.7 Å². The van der Waals surface area contributed by atoms with E-state index < -0.39 is 0 Å². The van der Waals surface area contributed by atoms with Crippen molar-refractivity contribution in [3.05, 3.63) is 90.0 Å². The van der Waals surface area contributed by atoms with Crippen LogP contribution in [0.2, 0.25) is 0 Å². The summed E-state index contributed by atoms with van der Waals surface area (Å²) in [5.41, 5.74) is 5.24. The molecule has 1 fully saturated rings. The Bertz CT molecular complexity index is 1280. The summed E-state index contributed by atoms with van der Waals surface area (Å²) >= 11 is 5.87. The zero-order chi connectivity index (χ0) is 23.8. The second-order valence-corrected chi connectivity index (χ2v) is 9.02. The first kappa shape index (κ1) is 22.1. The van der Waals surface area contributed by atoms with E-state index in [0.717, 1.165) is 34.1 Å². The highest BCUT2D eigenvalue weighted by Crippen LogP contribution is 2.43. The number of aryl methyl sites for hydroxylation is 1. The van der Waals surface area contributed by atoms with Crippen LogP contribution in [-0.2, 0) is 0 Å². The molecule has 4 aromatic rings. The summed E-state index contributed by atoms with van der Waals surface area (Å²) in [6, 6.07) is 16.0. The molecule has 0 spiro atoms. The number of rotatable bonds is 6. The molecule has 4 heterocycles. The van der Waals surface area contributed by atoms with E-state index in [1.54, 1.807) is 12.7 Å². The zero-order valence-corrected chi connectivity index (χ0v) is 20.4. The van der Waals surface area contributed by atoms with Crippen molar-refractivity contribution in [2.45, 2.75) is 45.9 Å². The molecule has 1 N–H and O–H groups in total. The van der Waals surface area contributed by atoms with Gasteiger partial charge in [0.15, 0.2) is 5.11 Å². The van der Waals surface area contributed by atoms with Crippen LogP contribution in [0.4, 0.5) is 5.69 Å². The lowest BCUT2D eigenvalue weighted by Gasteiger charge is -2.28. The van der Waals surface area contributed by atoms with Crippen LogP contribution in [0, 0.1) is 13.8 Å². The maximum absolute atomic E-state index is 5.87. The van der Waals surface area contributed by atoms with Gasteiger partial charge in [0.25, 0.3) is 0 Å². The van der Waals surface area contributed by atoms with Crippen LogP contribution >= 0.6 is 12.2 Å². The van der Waals surface area contributed by atoms with Gasteiger partial charge in [-0.1, -0.05) is 6.07 Å². The van der Waals surface area contributed by atoms with E-state index in [9.17, 15) is 0 Å². The number of ether oxygens (including phenoxy) is 1. The summed E-state index contributed by atoms with van der Waals surface area (Å²) in [6.45, 7) is 8.23. The summed E-state index contributed by atoms with van der Waals surface area (Å²) in [5, 5.41) is 12.1. The van der Waals surface area contributed by atoms with E-state index in [1.165, 1.54) is 0 Å². The summed E-state index contributed by atoms with van der Waals surface area (Å²) < 4.78 is 9.83. The maximum Gasteiger partial charge on any atom is 0.174 e. The number of anilines is 1. The molecule has 34 heavy (non-hydrogen) atoms. The molecule has 9 heteroatoms. The minimum absolute atomic E-state index is 0.101. The Kier molecular flexibility index (Phi) is 5.79. The van der Waals surface area contributed by atoms with Gasteiger partial charge >= 0.3 is 0 Å². The fraction of sp³-hybridized carbons (Fsp3) is 0.280. The van der Waals surface area contributed by atoms with Gasteiger partial charge in [0.2, 0.25) is 0 Å². The molecule has 1 aromatic carbocycles. The summed E-state index contributed by atoms with van der Waals surface area (Å²) in [6.07, 6.45) is 5.33. The Labute approximate surface area is 204 Å². The first-order valence-electron chi connectivity index (χ1n) is 11.3. The largest absolute Gasteiger partial charge is 0.491 e. The average molecular weight is 474 g/mol. The molecule has 0 saturated carbocycles. The quantitative estimate of drug-likeness (QED) is 0.417. The summed E-state index contributed by atoms with van der Waals surface area (Å²) in [4.78, 5) is 6.83. The molecular formula is C25H27N7OS. The minimum atomic E-state index is -0.116. The Morgan fingerprint density at radius 3 is 2.41 bits per heavy atom. The van der Waals surface area contributed by atoms with Gasteiger partial charge in [-0.05, 0) is 82.4 Å². The van der Waals surface area contributed by atoms with Gasteiger partial charge in [0.1, 0.15) is 18.4 Å². The monoisotopic (exact) mass is 473 g/mol. The van der Waals surface area contributed by atoms with Crippen LogP contribution in [0.15, 0.2) is 67.4 Å². The standard InChI is InChI=1S/C25H27N7OS/c1-16(2)33-20-10-8-19(9-11-20)31-24(23(29-25(31)34)22-7-5-6-12-26-22)21-13-17(3)32(18(21)4)30-14-27-28-15-30/h5-16,23-24H,1-4H3,(H,29,34)/t23-,24-/m1/s1. The van der Waals surface area contributed by atoms with E-state index in [-0.39, 0.29) is 18.2 Å². The topological polar surface area (TPSA) is 73.0 Å². The van der Waals surface area contributed by atoms with Crippen molar-refractivity contribution in [3.8, 4) is 5.75 Å². The van der Waals surface area contributed by atoms with Gasteiger partial charge in [0.05, 0.1) is 23.9 Å². The highest BCUT2D eigenvalue weighted by atomic mass is 32.1. The number of nitrogens with one attached hydrogen (secondary N) is 1. The van der Waals surface area contributed by atoms with Crippen molar-refractivity contribution < 1.29 is 4.74 Å². The smallest absolute Gasteiger partial charge is 0.174 e. The molecule has 1 aliphatic rings. The lowest BCUT2D eigenvalue weighted by molar-refractivity contribution is 0.242. The lowest BCUT2D eigenvalue weighted by atomic mass is 9.96. The van der Waals surface area contributed by atoms with Crippen LogP contribution in [0.3, 0.4) is 0 Å². The van der Waals surface area contributed by atoms with E-state index in [4.69, 9.17) is 17.0 Å². The molecular weight excluding hydrogens is 446 g/mol. The van der Waals surface area contributed by atoms with Crippen molar-refractivity contribution in [1.82, 2.24) is 29.9 Å². The number of pyridine rings is 1. The SMILES string of the molecule is Cc1cc([C@@H]2[C@@H](c3ccccn3)NC(=S)N2c2ccc(OC(C)C)cc2)c(C)n1-n1cnnc1. The molecule has 8 nitrogen and oxygen atoms in total. The molecule has 0 unspecified atom stereocenters. The van der Waals surface area contributed by atoms with Gasteiger partial charge in [-0.3, -0.25) is 9.66 Å². The third-order valence-corrected chi connectivity index (χ3v) is 6.29. The maximum atomic E-state index is 5.87. The van der Waals surface area contributed by atoms with E-state index in [2.05, 4.69) is 62.1 Å². The van der Waals surface area contributed by atoms with Crippen LogP contribution in [0.1, 0.15) is 48.6 Å². The Hall–Kier alpha value is -3.72. The van der Waals surface area contributed by atoms with Crippen molar-refractivity contribution in [2.24, 2.45) is 0 Å². The zero-order valence-electron chi connectivity index (χ0n) is 19.6. The van der Waals surface area contributed by atoms with Crippen molar-refractivity contribution in [2.75, 3.05) is 4.90 Å². The third kappa shape index (κ3) is 3.92. The molecule has 174 valence electrons. The van der Waals surface area contributed by atoms with Crippen molar-refractivity contribution in [3.63, 3.8) is 0 Å². The normalized spacial score (nSPS) is 17.9. The van der Waals surface area contributed by atoms with Crippen molar-refractivity contribution >= 4 is 23.0 Å². The number of benzene rings is 1. The molecule has 0 bridgehead atoms. The van der Waals surface area contributed by atoms with Gasteiger partial charge in [0, 0.05) is 28.8 Å². The molecule has 5 rings (SSSR count). The molecule has 0 amide bonds. The Morgan fingerprint density at radius 1 is 1.03 bits per heavy atom. The second kappa shape index (κ2) is 8.90. The van der Waals surface area contributed by atoms with Crippen molar-refractivity contribution in [1.29, 1.82) is 0 Å². The fourth-order valence-electron chi connectivity index (χ4n) is 4.64. The van der Waals surface area contributed by atoms with E-state index in [1.807, 2.05) is 55.1 Å². The van der Waals surface area contributed by atoms with Gasteiger partial charge in [-0.25, -0.2) is 4.68 Å². The first-order chi connectivity index (χ1) is 16.4. The first-order valence-corrected chi connectivity index (χ1v) is 11.7. The van der Waals surface area contributed by atoms with Gasteiger partial charge in [-0.15, -0.1) is 10.2 Å². The van der Waals surface area contributed by atoms with Crippen LogP contribution in [0.25, 0.3) is 0 Å². The predicted molar refractivity (Wildman–Crippen MR) is 135 cm³/mol. The van der Waals surface area contributed by atoms with E-state index in [0.29, 0.717) is 5.11 Å². The fourth-order valence-corrected chi connectivity index (χ4v) is 4.98. The average Bonchev–Trinajstić information content (AvgIpc) is 3.52. The molecule has 0 radical (unpaired) electrons. The highest BCUT2D eigenvalue weighted by Gasteiger charge is 2.42. The highest BCUT2D eigenvalue weighted by molar-refractivity contribution is 7.80. The Balaban J connectivity index is 1.62. The summed E-state index contributed by atoms with van der Waals surface area (Å²) in [5.74, 6) is 0.834. The third-order valence-electron chi connectivity index (χ3n) is 5.97. The Morgan fingerprint density at radius 2 is 1.76 bits per heavy atom. The molecule has 3 aromatic heterocycles. The molecule has 1 saturated heterocycles. The number of thiocarbonyl (C=S) groups is 1. The number of hydrogen-bond donors (Lipinski definition) is 1. The number of aromatic nitrogens is 5. The van der Waals surface area contributed by atoms with Gasteiger partial charge < -0.3 is 15.0 Å². The van der Waals surface area contributed by atoms with Crippen LogP contribution < -0.4 is 15.0 Å². The van der Waals surface area contributed by atoms with E-state index >= 15 is 0 Å². The van der Waals surface area contributed by atoms with Crippen LogP contribution in [0.5, 0.6) is 5.75 Å².